The SMILES string of the molecule is Nc1cc2c(ccc3oc(N(CCO)CCO)cc32)[nH]1. The number of hydrogen-bond acceptors (Lipinski definition) is 5. The van der Waals surface area contributed by atoms with Gasteiger partial charge in [-0.3, -0.25) is 0 Å². The number of hydrogen-bond donors (Lipinski definition) is 4. The second kappa shape index (κ2) is 5.07. The van der Waals surface area contributed by atoms with Gasteiger partial charge < -0.3 is 30.2 Å². The molecule has 2 aromatic heterocycles. The van der Waals surface area contributed by atoms with Crippen LogP contribution in [-0.2, 0) is 0 Å². The summed E-state index contributed by atoms with van der Waals surface area (Å²) >= 11 is 0. The molecule has 0 unspecified atom stereocenters. The summed E-state index contributed by atoms with van der Waals surface area (Å²) in [6.07, 6.45) is 0. The number of benzene rings is 1. The topological polar surface area (TPSA) is 98.7 Å². The van der Waals surface area contributed by atoms with E-state index in [-0.39, 0.29) is 13.2 Å². The second-order valence-electron chi connectivity index (χ2n) is 4.68. The van der Waals surface area contributed by atoms with Crippen molar-refractivity contribution in [1.82, 2.24) is 4.98 Å². The molecule has 0 aliphatic heterocycles. The number of aliphatic hydroxyl groups excluding tert-OH is 2. The van der Waals surface area contributed by atoms with Gasteiger partial charge in [-0.05, 0) is 18.2 Å². The zero-order valence-corrected chi connectivity index (χ0v) is 11.0. The molecule has 0 bridgehead atoms. The molecular formula is C14H17N3O3. The molecule has 0 aliphatic rings. The highest BCUT2D eigenvalue weighted by Crippen LogP contribution is 2.32. The lowest BCUT2D eigenvalue weighted by molar-refractivity contribution is 0.278. The van der Waals surface area contributed by atoms with Crippen LogP contribution < -0.4 is 10.6 Å². The van der Waals surface area contributed by atoms with E-state index in [0.717, 1.165) is 21.9 Å². The van der Waals surface area contributed by atoms with E-state index >= 15 is 0 Å². The first kappa shape index (κ1) is 12.8. The molecule has 5 N–H and O–H groups in total. The molecule has 0 aliphatic carbocycles. The molecule has 2 heterocycles. The highest BCUT2D eigenvalue weighted by Gasteiger charge is 2.14. The van der Waals surface area contributed by atoms with Crippen LogP contribution >= 0.6 is 0 Å². The summed E-state index contributed by atoms with van der Waals surface area (Å²) in [5, 5.41) is 20.1. The summed E-state index contributed by atoms with van der Waals surface area (Å²) < 4.78 is 5.80. The number of nitrogen functional groups attached to an aromatic ring is 1. The first-order valence-electron chi connectivity index (χ1n) is 6.50. The number of rotatable bonds is 5. The fourth-order valence-electron chi connectivity index (χ4n) is 2.46. The Kier molecular flexibility index (Phi) is 3.25. The minimum absolute atomic E-state index is 0.00353. The summed E-state index contributed by atoms with van der Waals surface area (Å²) in [5.74, 6) is 1.24. The maximum Gasteiger partial charge on any atom is 0.196 e. The maximum atomic E-state index is 9.09. The van der Waals surface area contributed by atoms with Crippen molar-refractivity contribution in [3.63, 3.8) is 0 Å². The van der Waals surface area contributed by atoms with Gasteiger partial charge >= 0.3 is 0 Å². The molecule has 6 heteroatoms. The first-order chi connectivity index (χ1) is 9.72. The molecule has 3 rings (SSSR count). The van der Waals surface area contributed by atoms with Crippen LogP contribution in [0.3, 0.4) is 0 Å². The van der Waals surface area contributed by atoms with E-state index in [1.54, 1.807) is 0 Å². The molecule has 0 saturated carbocycles. The van der Waals surface area contributed by atoms with Crippen LogP contribution in [0.2, 0.25) is 0 Å². The minimum Gasteiger partial charge on any atom is -0.441 e. The van der Waals surface area contributed by atoms with Gasteiger partial charge in [-0.15, -0.1) is 0 Å². The van der Waals surface area contributed by atoms with Crippen molar-refractivity contribution < 1.29 is 14.6 Å². The Bertz CT molecular complexity index is 726. The van der Waals surface area contributed by atoms with Gasteiger partial charge in [0.25, 0.3) is 0 Å². The number of aromatic amines is 1. The van der Waals surface area contributed by atoms with Crippen LogP contribution in [0.4, 0.5) is 11.7 Å². The molecule has 3 aromatic rings. The van der Waals surface area contributed by atoms with Crippen LogP contribution in [-0.4, -0.2) is 41.5 Å². The van der Waals surface area contributed by atoms with Crippen LogP contribution in [0, 0.1) is 0 Å². The number of nitrogens with two attached hydrogens (primary N) is 1. The summed E-state index contributed by atoms with van der Waals surface area (Å²) in [6, 6.07) is 7.59. The zero-order valence-electron chi connectivity index (χ0n) is 11.0. The van der Waals surface area contributed by atoms with Gasteiger partial charge in [0.05, 0.1) is 13.2 Å². The van der Waals surface area contributed by atoms with E-state index in [1.807, 2.05) is 29.2 Å². The number of H-pyrrole nitrogens is 1. The molecule has 0 radical (unpaired) electrons. The average molecular weight is 275 g/mol. The summed E-state index contributed by atoms with van der Waals surface area (Å²) in [7, 11) is 0. The Hall–Kier alpha value is -2.18. The van der Waals surface area contributed by atoms with Crippen LogP contribution in [0.1, 0.15) is 0 Å². The normalized spacial score (nSPS) is 11.5. The summed E-state index contributed by atoms with van der Waals surface area (Å²) in [6.45, 7) is 0.838. The summed E-state index contributed by atoms with van der Waals surface area (Å²) in [5.41, 5.74) is 7.49. The Labute approximate surface area is 115 Å². The van der Waals surface area contributed by atoms with Crippen LogP contribution in [0.5, 0.6) is 0 Å². The van der Waals surface area contributed by atoms with Gasteiger partial charge in [0.1, 0.15) is 11.4 Å². The number of nitrogens with one attached hydrogen (secondary N) is 1. The van der Waals surface area contributed by atoms with Crippen molar-refractivity contribution >= 4 is 33.6 Å². The molecule has 6 nitrogen and oxygen atoms in total. The fourth-order valence-corrected chi connectivity index (χ4v) is 2.46. The third-order valence-electron chi connectivity index (χ3n) is 3.36. The Morgan fingerprint density at radius 2 is 1.85 bits per heavy atom. The lowest BCUT2D eigenvalue weighted by Crippen LogP contribution is -2.29. The van der Waals surface area contributed by atoms with Crippen molar-refractivity contribution in [3.8, 4) is 0 Å². The van der Waals surface area contributed by atoms with E-state index in [4.69, 9.17) is 20.4 Å². The van der Waals surface area contributed by atoms with Gasteiger partial charge in [-0.1, -0.05) is 0 Å². The zero-order chi connectivity index (χ0) is 14.1. The van der Waals surface area contributed by atoms with E-state index < -0.39 is 0 Å². The number of aliphatic hydroxyl groups is 2. The quantitative estimate of drug-likeness (QED) is 0.562. The summed E-state index contributed by atoms with van der Waals surface area (Å²) in [4.78, 5) is 4.89. The average Bonchev–Trinajstić information content (AvgIpc) is 3.00. The number of nitrogens with zero attached hydrogens (tertiary/aromatic N) is 1. The van der Waals surface area contributed by atoms with Crippen molar-refractivity contribution in [3.05, 3.63) is 24.3 Å². The molecule has 106 valence electrons. The monoisotopic (exact) mass is 275 g/mol. The van der Waals surface area contributed by atoms with Gasteiger partial charge in [-0.2, -0.15) is 0 Å². The van der Waals surface area contributed by atoms with Gasteiger partial charge in [0.2, 0.25) is 0 Å². The predicted molar refractivity (Wildman–Crippen MR) is 78.9 cm³/mol. The molecular weight excluding hydrogens is 258 g/mol. The van der Waals surface area contributed by atoms with Gasteiger partial charge in [-0.25, -0.2) is 0 Å². The second-order valence-corrected chi connectivity index (χ2v) is 4.68. The number of furan rings is 1. The van der Waals surface area contributed by atoms with Gasteiger partial charge in [0.15, 0.2) is 5.88 Å². The molecule has 0 atom stereocenters. The molecule has 0 fully saturated rings. The third-order valence-corrected chi connectivity index (χ3v) is 3.36. The van der Waals surface area contributed by atoms with Crippen molar-refractivity contribution in [2.45, 2.75) is 0 Å². The van der Waals surface area contributed by atoms with E-state index in [9.17, 15) is 0 Å². The van der Waals surface area contributed by atoms with E-state index in [2.05, 4.69) is 4.98 Å². The predicted octanol–water partition coefficient (Wildman–Crippen LogP) is 1.29. The Balaban J connectivity index is 2.11. The Morgan fingerprint density at radius 1 is 1.10 bits per heavy atom. The lowest BCUT2D eigenvalue weighted by atomic mass is 10.2. The molecule has 1 aromatic carbocycles. The largest absolute Gasteiger partial charge is 0.441 e. The van der Waals surface area contributed by atoms with Crippen molar-refractivity contribution in [2.24, 2.45) is 0 Å². The minimum atomic E-state index is 0.00353. The molecule has 0 saturated heterocycles. The van der Waals surface area contributed by atoms with Crippen molar-refractivity contribution in [2.75, 3.05) is 36.9 Å². The first-order valence-corrected chi connectivity index (χ1v) is 6.50. The highest BCUT2D eigenvalue weighted by atomic mass is 16.4. The third kappa shape index (κ3) is 2.09. The number of fused-ring (bicyclic) bond motifs is 3. The lowest BCUT2D eigenvalue weighted by Gasteiger charge is -2.19. The molecule has 0 spiro atoms. The maximum absolute atomic E-state index is 9.09. The smallest absolute Gasteiger partial charge is 0.196 e. The molecule has 0 amide bonds. The highest BCUT2D eigenvalue weighted by molar-refractivity contribution is 6.07. The standard InChI is InChI=1S/C14H17N3O3/c15-13-7-9-10-8-14(17(3-5-18)4-6-19)20-12(10)2-1-11(9)16-13/h1-2,7-8,16,18-19H,3-6,15H2. The van der Waals surface area contributed by atoms with E-state index in [1.165, 1.54) is 0 Å². The van der Waals surface area contributed by atoms with E-state index in [0.29, 0.717) is 24.8 Å². The van der Waals surface area contributed by atoms with Crippen molar-refractivity contribution in [1.29, 1.82) is 0 Å². The van der Waals surface area contributed by atoms with Crippen LogP contribution in [0.25, 0.3) is 21.9 Å². The molecule has 20 heavy (non-hydrogen) atoms. The number of aromatic nitrogens is 1. The van der Waals surface area contributed by atoms with Crippen LogP contribution in [0.15, 0.2) is 28.7 Å². The van der Waals surface area contributed by atoms with Gasteiger partial charge in [0, 0.05) is 35.4 Å². The Morgan fingerprint density at radius 3 is 2.55 bits per heavy atom. The fraction of sp³-hybridized carbons (Fsp3) is 0.286. The number of anilines is 2.